The van der Waals surface area contributed by atoms with Crippen molar-refractivity contribution in [2.75, 3.05) is 0 Å². The first kappa shape index (κ1) is 78.2. The van der Waals surface area contributed by atoms with Crippen molar-refractivity contribution in [2.45, 2.75) is 162 Å². The van der Waals surface area contributed by atoms with E-state index in [0.717, 1.165) is 51.4 Å². The predicted molar refractivity (Wildman–Crippen MR) is 505 cm³/mol. The molecule has 0 radical (unpaired) electrons. The molecule has 8 heterocycles. The summed E-state index contributed by atoms with van der Waals surface area (Å²) in [6.07, 6.45) is 25.2. The summed E-state index contributed by atoms with van der Waals surface area (Å²) >= 11 is 0. The number of nitrogens with zero attached hydrogens (tertiary/aromatic N) is 8. The second kappa shape index (κ2) is 29.3. The molecule has 8 nitrogen and oxygen atoms in total. The second-order valence-electron chi connectivity index (χ2n) is 37.5. The summed E-state index contributed by atoms with van der Waals surface area (Å²) in [6, 6.07) is 54.6. The minimum absolute atomic E-state index is 0.963. The number of aromatic nitrogens is 8. The van der Waals surface area contributed by atoms with Gasteiger partial charge in [-0.05, 0) is 305 Å². The number of benzene rings is 8. The van der Waals surface area contributed by atoms with Crippen molar-refractivity contribution in [3.05, 3.63) is 373 Å². The molecule has 608 valence electrons. The lowest BCUT2D eigenvalue weighted by Gasteiger charge is -2.12. The molecule has 0 N–H and O–H groups in total. The molecule has 124 heavy (non-hydrogen) atoms. The highest BCUT2D eigenvalue weighted by Crippen LogP contribution is 2.54. The first-order valence-corrected chi connectivity index (χ1v) is 44.5. The van der Waals surface area contributed by atoms with Gasteiger partial charge in [0.15, 0.2) is 24.8 Å². The molecule has 0 aliphatic heterocycles. The van der Waals surface area contributed by atoms with Gasteiger partial charge in [0.2, 0.25) is 22.8 Å². The van der Waals surface area contributed by atoms with Gasteiger partial charge >= 0.3 is 0 Å². The molecule has 0 spiro atoms. The number of rotatable bonds is 4. The molecule has 8 aromatic heterocycles. The van der Waals surface area contributed by atoms with Crippen LogP contribution in [0.4, 0.5) is 0 Å². The lowest BCUT2D eigenvalue weighted by atomic mass is 9.93. The SMILES string of the molecule is Cc1cc(C)c(C)c(-c2c3c(cc[n+]2C)-c2ncc4c(c2C3)Cc2c(C)cccc2-4)c1.Cc1cc(C)c(C)c(-c2c3c(cc[n+]2C)-c2ncc4c(c2C3)Cc2cccc(C)c2-4)c1.Cc1ccc2c(c1)-c1cnc3c(c1C2)Cc1c-3cc[n+](C)c1-c1cc(C)cc(C)c1C.Cc1ccc2c(c1)Cc1c-2cnc2c1Cc1c-2cc[n+](C)c1-c1cc(C)cc(C)c1C. The van der Waals surface area contributed by atoms with E-state index in [1.165, 1.54) is 313 Å². The normalized spacial score (nSPS) is 13.1. The van der Waals surface area contributed by atoms with E-state index in [9.17, 15) is 0 Å². The fraction of sp³-hybridized carbons (Fsp3) is 0.241. The van der Waals surface area contributed by atoms with Crippen LogP contribution < -0.4 is 18.3 Å². The average Bonchev–Trinajstić information content (AvgIpc) is 1.58. The zero-order valence-corrected chi connectivity index (χ0v) is 75.7. The maximum Gasteiger partial charge on any atom is 0.216 e. The highest BCUT2D eigenvalue weighted by atomic mass is 15.0. The average molecular weight is 1610 g/mol. The minimum Gasteiger partial charge on any atom is -0.255 e. The highest BCUT2D eigenvalue weighted by Gasteiger charge is 2.41. The highest BCUT2D eigenvalue weighted by molar-refractivity contribution is 5.93. The molecular formula is C116H108N8+4. The number of aryl methyl sites for hydroxylation is 16. The quantitative estimate of drug-likeness (QED) is 0.165. The Bertz CT molecular complexity index is 7450. The Balaban J connectivity index is 0.000000101. The number of pyridine rings is 8. The van der Waals surface area contributed by atoms with E-state index in [0.29, 0.717) is 0 Å². The molecular weight excluding hydrogens is 1510 g/mol. The largest absolute Gasteiger partial charge is 0.255 e. The Morgan fingerprint density at radius 3 is 0.952 bits per heavy atom. The van der Waals surface area contributed by atoms with Crippen LogP contribution in [0.3, 0.4) is 0 Å². The molecule has 0 saturated heterocycles. The van der Waals surface area contributed by atoms with Crippen LogP contribution in [0, 0.1) is 111 Å². The molecule has 0 fully saturated rings. The van der Waals surface area contributed by atoms with E-state index < -0.39 is 0 Å². The van der Waals surface area contributed by atoms with Crippen LogP contribution in [0.2, 0.25) is 0 Å². The molecule has 0 saturated carbocycles. The molecule has 8 aromatic carbocycles. The molecule has 24 rings (SSSR count). The van der Waals surface area contributed by atoms with Gasteiger partial charge in [-0.3, -0.25) is 19.9 Å². The first-order chi connectivity index (χ1) is 59.7. The van der Waals surface area contributed by atoms with Crippen molar-refractivity contribution < 1.29 is 18.3 Å². The Labute approximate surface area is 731 Å². The van der Waals surface area contributed by atoms with E-state index in [2.05, 4.69) is 352 Å². The standard InChI is InChI=1S/4C29H27N2/c1-16-6-7-21-20(11-16)13-24-25-14-26-22(28(25)30-15-27(21)24)8-9-31(5)29(26)23-12-17(2)10-18(3)19(23)4;1-16-6-7-20-13-24-25-14-26-21(28(25)30-15-27(24)23(20)11-16)8-9-31(5)29(26)22-12-17(2)10-18(3)19(22)4;1-16-11-18(3)19(4)23(12-16)29-26-14-25-24-13-22-17(2)7-6-8-20(22)27(24)15-30-28(25)21(26)9-10-31(29)5;1-16-11-18(3)19(4)22(12-16)29-25-14-24-23-13-20-8-6-7-17(2)27(20)26(23)15-30-28(24)21(25)9-10-31(29)5/h4*6-12,15H,13-14H2,1-5H3/q4*+1. The summed E-state index contributed by atoms with van der Waals surface area (Å²) < 4.78 is 9.19. The van der Waals surface area contributed by atoms with Gasteiger partial charge in [0.1, 0.15) is 28.2 Å². The van der Waals surface area contributed by atoms with Gasteiger partial charge in [0.05, 0.1) is 22.8 Å². The van der Waals surface area contributed by atoms with Crippen LogP contribution >= 0.6 is 0 Å². The summed E-state index contributed by atoms with van der Waals surface area (Å²) in [5.41, 5.74) is 76.1. The summed E-state index contributed by atoms with van der Waals surface area (Å²) in [7, 11) is 8.69. The molecule has 8 heteroatoms. The van der Waals surface area contributed by atoms with Gasteiger partial charge in [-0.25, -0.2) is 18.3 Å². The van der Waals surface area contributed by atoms with E-state index in [1.54, 1.807) is 0 Å². The molecule has 0 bridgehead atoms. The van der Waals surface area contributed by atoms with Crippen LogP contribution in [-0.4, -0.2) is 19.9 Å². The van der Waals surface area contributed by atoms with Crippen molar-refractivity contribution in [3.63, 3.8) is 0 Å². The van der Waals surface area contributed by atoms with Gasteiger partial charge in [-0.15, -0.1) is 0 Å². The van der Waals surface area contributed by atoms with Gasteiger partial charge in [-0.2, -0.15) is 0 Å². The van der Waals surface area contributed by atoms with E-state index in [-0.39, 0.29) is 0 Å². The van der Waals surface area contributed by atoms with Crippen molar-refractivity contribution in [2.24, 2.45) is 28.2 Å². The Kier molecular flexibility index (Phi) is 18.5. The van der Waals surface area contributed by atoms with Crippen molar-refractivity contribution in [1.29, 1.82) is 0 Å². The van der Waals surface area contributed by atoms with Crippen LogP contribution in [-0.2, 0) is 79.6 Å². The molecule has 0 amide bonds. The van der Waals surface area contributed by atoms with Gasteiger partial charge in [0.25, 0.3) is 0 Å². The van der Waals surface area contributed by atoms with E-state index in [4.69, 9.17) is 19.9 Å². The fourth-order valence-corrected chi connectivity index (χ4v) is 22.9. The zero-order chi connectivity index (χ0) is 85.8. The molecule has 0 unspecified atom stereocenters. The van der Waals surface area contributed by atoms with E-state index in [1.807, 2.05) is 0 Å². The van der Waals surface area contributed by atoms with Gasteiger partial charge < -0.3 is 0 Å². The number of fused-ring (bicyclic) bond motifs is 28. The van der Waals surface area contributed by atoms with Crippen LogP contribution in [0.1, 0.15) is 178 Å². The predicted octanol–water partition coefficient (Wildman–Crippen LogP) is 23.8. The first-order valence-electron chi connectivity index (χ1n) is 44.5. The third-order valence-corrected chi connectivity index (χ3v) is 29.5. The maximum absolute atomic E-state index is 5.02. The summed E-state index contributed by atoms with van der Waals surface area (Å²) in [4.78, 5) is 20.1. The zero-order valence-electron chi connectivity index (χ0n) is 75.7. The van der Waals surface area contributed by atoms with Crippen molar-refractivity contribution in [3.8, 4) is 135 Å². The number of hydrogen-bond donors (Lipinski definition) is 0. The second-order valence-corrected chi connectivity index (χ2v) is 37.5. The Morgan fingerprint density at radius 2 is 0.524 bits per heavy atom. The molecule has 16 aromatic rings. The Hall–Kier alpha value is -13.0. The monoisotopic (exact) mass is 1610 g/mol. The van der Waals surface area contributed by atoms with Crippen LogP contribution in [0.5, 0.6) is 0 Å². The van der Waals surface area contributed by atoms with Crippen molar-refractivity contribution >= 4 is 0 Å². The molecule has 0 atom stereocenters. The lowest BCUT2D eigenvalue weighted by molar-refractivity contribution is -0.660. The molecule has 8 aliphatic carbocycles. The van der Waals surface area contributed by atoms with Crippen LogP contribution in [0.25, 0.3) is 135 Å². The maximum atomic E-state index is 5.02. The van der Waals surface area contributed by atoms with Gasteiger partial charge in [0, 0.05) is 164 Å². The third kappa shape index (κ3) is 12.3. The minimum atomic E-state index is 0.963. The number of hydrogen-bond acceptors (Lipinski definition) is 4. The molecule has 8 aliphatic rings. The third-order valence-electron chi connectivity index (χ3n) is 29.5. The summed E-state index contributed by atoms with van der Waals surface area (Å²) in [6.45, 7) is 35.5. The lowest BCUT2D eigenvalue weighted by Crippen LogP contribution is -2.32. The fourth-order valence-electron chi connectivity index (χ4n) is 22.9. The van der Waals surface area contributed by atoms with Crippen LogP contribution in [0.15, 0.2) is 195 Å². The Morgan fingerprint density at radius 1 is 0.202 bits per heavy atom. The summed E-state index contributed by atoms with van der Waals surface area (Å²) in [5.74, 6) is 0. The van der Waals surface area contributed by atoms with Gasteiger partial charge in [-0.1, -0.05) is 130 Å². The van der Waals surface area contributed by atoms with E-state index >= 15 is 0 Å². The topological polar surface area (TPSA) is 67.1 Å². The van der Waals surface area contributed by atoms with Crippen molar-refractivity contribution in [1.82, 2.24) is 19.9 Å². The smallest absolute Gasteiger partial charge is 0.216 e. The summed E-state index contributed by atoms with van der Waals surface area (Å²) in [5, 5.41) is 0.